The summed E-state index contributed by atoms with van der Waals surface area (Å²) < 4.78 is 6.88. The van der Waals surface area contributed by atoms with Crippen LogP contribution in [-0.2, 0) is 4.79 Å². The first-order chi connectivity index (χ1) is 13.1. The second-order valence-electron chi connectivity index (χ2n) is 7.40. The number of furan rings is 1. The molecule has 2 aromatic heterocycles. The molecular formula is C20H18N2O4S. The molecular weight excluding hydrogens is 364 g/mol. The molecule has 27 heavy (non-hydrogen) atoms. The van der Waals surface area contributed by atoms with E-state index in [1.165, 1.54) is 11.3 Å². The molecule has 2 aliphatic rings. The van der Waals surface area contributed by atoms with Crippen molar-refractivity contribution >= 4 is 33.4 Å². The van der Waals surface area contributed by atoms with Crippen molar-refractivity contribution in [2.24, 2.45) is 11.3 Å². The molecule has 1 unspecified atom stereocenters. The van der Waals surface area contributed by atoms with Crippen molar-refractivity contribution in [2.75, 3.05) is 13.1 Å². The van der Waals surface area contributed by atoms with E-state index in [1.54, 1.807) is 17.0 Å². The van der Waals surface area contributed by atoms with Crippen LogP contribution in [0.1, 0.15) is 29.8 Å². The lowest BCUT2D eigenvalue weighted by Gasteiger charge is -2.32. The summed E-state index contributed by atoms with van der Waals surface area (Å²) in [6.07, 6.45) is 2.25. The van der Waals surface area contributed by atoms with Crippen LogP contribution < -0.4 is 0 Å². The molecule has 7 heteroatoms. The minimum atomic E-state index is -0.707. The molecule has 3 heterocycles. The minimum Gasteiger partial charge on any atom is -0.481 e. The first kappa shape index (κ1) is 16.5. The maximum atomic E-state index is 12.8. The van der Waals surface area contributed by atoms with Crippen LogP contribution in [0.4, 0.5) is 0 Å². The number of amides is 1. The van der Waals surface area contributed by atoms with Gasteiger partial charge in [0, 0.05) is 13.1 Å². The van der Waals surface area contributed by atoms with Crippen LogP contribution in [-0.4, -0.2) is 40.0 Å². The van der Waals surface area contributed by atoms with Crippen molar-refractivity contribution in [3.8, 4) is 10.8 Å². The molecule has 0 bridgehead atoms. The Morgan fingerprint density at radius 3 is 2.67 bits per heavy atom. The number of fused-ring (bicyclic) bond motifs is 1. The average molecular weight is 382 g/mol. The number of hydrogen-bond donors (Lipinski definition) is 1. The summed E-state index contributed by atoms with van der Waals surface area (Å²) in [5, 5.41) is 9.95. The van der Waals surface area contributed by atoms with E-state index in [0.717, 1.165) is 34.5 Å². The van der Waals surface area contributed by atoms with E-state index in [9.17, 15) is 14.7 Å². The lowest BCUT2D eigenvalue weighted by molar-refractivity contribution is -0.139. The fourth-order valence-electron chi connectivity index (χ4n) is 4.11. The standard InChI is InChI=1S/C20H18N2O4S/c23-18(22-9-7-20(8-10-22)11-12(20)19(24)25)15-6-5-14(26-15)17-21-13-3-1-2-4-16(13)27-17/h1-6,12H,7-11H2,(H,24,25). The molecule has 1 aliphatic carbocycles. The third kappa shape index (κ3) is 2.73. The summed E-state index contributed by atoms with van der Waals surface area (Å²) in [7, 11) is 0. The third-order valence-corrected chi connectivity index (χ3v) is 6.91. The second kappa shape index (κ2) is 5.92. The highest BCUT2D eigenvalue weighted by molar-refractivity contribution is 7.21. The number of likely N-dealkylation sites (tertiary alicyclic amines) is 1. The quantitative estimate of drug-likeness (QED) is 0.743. The van der Waals surface area contributed by atoms with Gasteiger partial charge in [0.15, 0.2) is 16.5 Å². The van der Waals surface area contributed by atoms with E-state index >= 15 is 0 Å². The van der Waals surface area contributed by atoms with E-state index in [4.69, 9.17) is 4.42 Å². The second-order valence-corrected chi connectivity index (χ2v) is 8.43. The molecule has 1 amide bonds. The lowest BCUT2D eigenvalue weighted by Crippen LogP contribution is -2.39. The van der Waals surface area contributed by atoms with Gasteiger partial charge in [-0.1, -0.05) is 12.1 Å². The Hall–Kier alpha value is -2.67. The van der Waals surface area contributed by atoms with E-state index in [1.807, 2.05) is 24.3 Å². The van der Waals surface area contributed by atoms with Gasteiger partial charge in [-0.3, -0.25) is 9.59 Å². The Balaban J connectivity index is 1.30. The number of carbonyl (C=O) groups excluding carboxylic acids is 1. The first-order valence-corrected chi connectivity index (χ1v) is 9.85. The highest BCUT2D eigenvalue weighted by Gasteiger charge is 2.59. The number of para-hydroxylation sites is 1. The van der Waals surface area contributed by atoms with Crippen molar-refractivity contribution in [2.45, 2.75) is 19.3 Å². The fourth-order valence-corrected chi connectivity index (χ4v) is 5.03. The number of benzene rings is 1. The molecule has 6 nitrogen and oxygen atoms in total. The van der Waals surface area contributed by atoms with Gasteiger partial charge in [-0.2, -0.15) is 0 Å². The van der Waals surface area contributed by atoms with Gasteiger partial charge in [-0.05, 0) is 48.9 Å². The highest BCUT2D eigenvalue weighted by Crippen LogP contribution is 2.59. The summed E-state index contributed by atoms with van der Waals surface area (Å²) in [4.78, 5) is 30.3. The summed E-state index contributed by atoms with van der Waals surface area (Å²) in [6, 6.07) is 11.4. The van der Waals surface area contributed by atoms with Crippen molar-refractivity contribution in [3.05, 3.63) is 42.2 Å². The minimum absolute atomic E-state index is 0.0854. The zero-order chi connectivity index (χ0) is 18.6. The largest absolute Gasteiger partial charge is 0.481 e. The summed E-state index contributed by atoms with van der Waals surface area (Å²) in [5.74, 6) is -0.165. The van der Waals surface area contributed by atoms with E-state index in [-0.39, 0.29) is 17.2 Å². The van der Waals surface area contributed by atoms with Crippen LogP contribution in [0.5, 0.6) is 0 Å². The van der Waals surface area contributed by atoms with E-state index in [2.05, 4.69) is 4.98 Å². The van der Waals surface area contributed by atoms with Crippen LogP contribution >= 0.6 is 11.3 Å². The fraction of sp³-hybridized carbons (Fsp3) is 0.350. The van der Waals surface area contributed by atoms with E-state index in [0.29, 0.717) is 24.6 Å². The molecule has 138 valence electrons. The smallest absolute Gasteiger partial charge is 0.307 e. The number of nitrogens with zero attached hydrogens (tertiary/aromatic N) is 2. The predicted molar refractivity (Wildman–Crippen MR) is 101 cm³/mol. The third-order valence-electron chi connectivity index (χ3n) is 5.86. The normalized spacial score (nSPS) is 20.9. The molecule has 1 N–H and O–H groups in total. The van der Waals surface area contributed by atoms with Gasteiger partial charge in [0.25, 0.3) is 5.91 Å². The van der Waals surface area contributed by atoms with Crippen molar-refractivity contribution in [3.63, 3.8) is 0 Å². The predicted octanol–water partition coefficient (Wildman–Crippen LogP) is 3.88. The van der Waals surface area contributed by atoms with Gasteiger partial charge >= 0.3 is 5.97 Å². The Labute approximate surface area is 159 Å². The highest BCUT2D eigenvalue weighted by atomic mass is 32.1. The molecule has 1 spiro atoms. The molecule has 1 aromatic carbocycles. The molecule has 0 radical (unpaired) electrons. The van der Waals surface area contributed by atoms with Crippen molar-refractivity contribution < 1.29 is 19.1 Å². The molecule has 1 saturated heterocycles. The van der Waals surface area contributed by atoms with Crippen LogP contribution in [0.25, 0.3) is 21.0 Å². The van der Waals surface area contributed by atoms with Gasteiger partial charge in [0.05, 0.1) is 16.1 Å². The summed E-state index contributed by atoms with van der Waals surface area (Å²) in [6.45, 7) is 1.17. The topological polar surface area (TPSA) is 83.6 Å². The summed E-state index contributed by atoms with van der Waals surface area (Å²) in [5.41, 5.74) is 0.832. The van der Waals surface area contributed by atoms with Gasteiger partial charge in [0.2, 0.25) is 0 Å². The van der Waals surface area contributed by atoms with Gasteiger partial charge < -0.3 is 14.4 Å². The zero-order valence-corrected chi connectivity index (χ0v) is 15.4. The first-order valence-electron chi connectivity index (χ1n) is 9.04. The number of carboxylic acid groups (broad SMARTS) is 1. The summed E-state index contributed by atoms with van der Waals surface area (Å²) >= 11 is 1.54. The number of aromatic nitrogens is 1. The maximum absolute atomic E-state index is 12.8. The monoisotopic (exact) mass is 382 g/mol. The Bertz CT molecular complexity index is 1010. The number of carbonyl (C=O) groups is 2. The Morgan fingerprint density at radius 2 is 1.96 bits per heavy atom. The Morgan fingerprint density at radius 1 is 1.19 bits per heavy atom. The average Bonchev–Trinajstić information content (AvgIpc) is 3.03. The molecule has 1 saturated carbocycles. The zero-order valence-electron chi connectivity index (χ0n) is 14.6. The van der Waals surface area contributed by atoms with Crippen LogP contribution in [0.2, 0.25) is 0 Å². The van der Waals surface area contributed by atoms with E-state index < -0.39 is 5.97 Å². The number of hydrogen-bond acceptors (Lipinski definition) is 5. The number of rotatable bonds is 3. The van der Waals surface area contributed by atoms with Crippen LogP contribution in [0.3, 0.4) is 0 Å². The lowest BCUT2D eigenvalue weighted by atomic mass is 9.90. The number of piperidine rings is 1. The van der Waals surface area contributed by atoms with Crippen LogP contribution in [0, 0.1) is 11.3 Å². The molecule has 3 aromatic rings. The number of carboxylic acids is 1. The number of thiazole rings is 1. The number of aliphatic carboxylic acids is 1. The van der Waals surface area contributed by atoms with Crippen molar-refractivity contribution in [1.29, 1.82) is 0 Å². The molecule has 1 aliphatic heterocycles. The molecule has 2 fully saturated rings. The van der Waals surface area contributed by atoms with Crippen molar-refractivity contribution in [1.82, 2.24) is 9.88 Å². The van der Waals surface area contributed by atoms with Gasteiger partial charge in [0.1, 0.15) is 0 Å². The molecule has 1 atom stereocenters. The Kier molecular flexibility index (Phi) is 3.62. The maximum Gasteiger partial charge on any atom is 0.307 e. The van der Waals surface area contributed by atoms with Gasteiger partial charge in [-0.15, -0.1) is 11.3 Å². The SMILES string of the molecule is O=C(O)C1CC12CCN(C(=O)c1ccc(-c3nc4ccccc4s3)o1)CC2. The van der Waals surface area contributed by atoms with Crippen LogP contribution in [0.15, 0.2) is 40.8 Å². The molecule has 5 rings (SSSR count). The van der Waals surface area contributed by atoms with Gasteiger partial charge in [-0.25, -0.2) is 4.98 Å².